The van der Waals surface area contributed by atoms with E-state index in [2.05, 4.69) is 21.7 Å². The number of hydrogen-bond acceptors (Lipinski definition) is 7. The van der Waals surface area contributed by atoms with E-state index in [9.17, 15) is 13.2 Å². The van der Waals surface area contributed by atoms with Crippen molar-refractivity contribution in [3.05, 3.63) is 51.9 Å². The molecule has 188 valence electrons. The van der Waals surface area contributed by atoms with Crippen LogP contribution in [0, 0.1) is 17.8 Å². The van der Waals surface area contributed by atoms with Crippen molar-refractivity contribution in [2.24, 2.45) is 5.92 Å². The zero-order valence-electron chi connectivity index (χ0n) is 20.2. The number of piperidine rings is 1. The van der Waals surface area contributed by atoms with Crippen LogP contribution < -0.4 is 10.3 Å². The van der Waals surface area contributed by atoms with Crippen LogP contribution in [0.4, 0.5) is 0 Å². The average molecular weight is 524 g/mol. The Morgan fingerprint density at radius 2 is 1.83 bits per heavy atom. The number of hydrogen-bond donors (Lipinski definition) is 0. The van der Waals surface area contributed by atoms with Gasteiger partial charge in [-0.25, -0.2) is 13.4 Å². The van der Waals surface area contributed by atoms with Gasteiger partial charge in [0.15, 0.2) is 0 Å². The highest BCUT2D eigenvalue weighted by atomic mass is 32.2. The molecule has 1 aromatic carbocycles. The van der Waals surface area contributed by atoms with Gasteiger partial charge in [-0.05, 0) is 68.9 Å². The monoisotopic (exact) mass is 523 g/mol. The van der Waals surface area contributed by atoms with Crippen molar-refractivity contribution in [2.45, 2.75) is 56.7 Å². The van der Waals surface area contributed by atoms with Gasteiger partial charge in [0.25, 0.3) is 5.56 Å². The van der Waals surface area contributed by atoms with Crippen LogP contribution in [0.3, 0.4) is 0 Å². The van der Waals surface area contributed by atoms with E-state index in [1.165, 1.54) is 30.4 Å². The van der Waals surface area contributed by atoms with Crippen LogP contribution in [0.25, 0.3) is 15.9 Å². The van der Waals surface area contributed by atoms with Gasteiger partial charge in [-0.15, -0.1) is 11.3 Å². The van der Waals surface area contributed by atoms with Crippen LogP contribution in [-0.2, 0) is 9.84 Å². The van der Waals surface area contributed by atoms with Gasteiger partial charge in [-0.2, -0.15) is 0 Å². The molecule has 0 spiro atoms. The molecule has 3 atom stereocenters. The van der Waals surface area contributed by atoms with Gasteiger partial charge >= 0.3 is 0 Å². The smallest absolute Gasteiger partial charge is 0.275 e. The maximum absolute atomic E-state index is 13.1. The van der Waals surface area contributed by atoms with Crippen molar-refractivity contribution in [1.82, 2.24) is 14.5 Å². The molecule has 4 heterocycles. The number of thiophene rings is 1. The predicted molar refractivity (Wildman–Crippen MR) is 142 cm³/mol. The van der Waals surface area contributed by atoms with E-state index >= 15 is 0 Å². The molecule has 2 bridgehead atoms. The molecule has 2 saturated heterocycles. The molecule has 3 aliphatic rings. The lowest BCUT2D eigenvalue weighted by Gasteiger charge is -2.38. The highest BCUT2D eigenvalue weighted by molar-refractivity contribution is 7.90. The molecule has 9 heteroatoms. The summed E-state index contributed by atoms with van der Waals surface area (Å²) in [6.45, 7) is 0.613. The molecule has 3 aromatic rings. The summed E-state index contributed by atoms with van der Waals surface area (Å²) in [5.41, 5.74) is 1.35. The molecule has 7 nitrogen and oxygen atoms in total. The summed E-state index contributed by atoms with van der Waals surface area (Å²) in [7, 11) is -2.96. The first kappa shape index (κ1) is 23.7. The zero-order chi connectivity index (χ0) is 24.9. The Hall–Kier alpha value is -2.67. The van der Waals surface area contributed by atoms with Crippen molar-refractivity contribution in [1.29, 1.82) is 0 Å². The highest BCUT2D eigenvalue weighted by Gasteiger charge is 2.41. The highest BCUT2D eigenvalue weighted by Crippen LogP contribution is 2.37. The molecular formula is C27H29N3O4S2. The third-order valence-corrected chi connectivity index (χ3v) is 9.35. The second kappa shape index (κ2) is 9.33. The summed E-state index contributed by atoms with van der Waals surface area (Å²) in [6, 6.07) is 10.3. The Kier molecular flexibility index (Phi) is 6.14. The maximum Gasteiger partial charge on any atom is 0.275 e. The van der Waals surface area contributed by atoms with Crippen molar-refractivity contribution >= 4 is 31.4 Å². The van der Waals surface area contributed by atoms with Crippen molar-refractivity contribution < 1.29 is 13.2 Å². The normalized spacial score (nSPS) is 24.0. The van der Waals surface area contributed by atoms with Gasteiger partial charge in [-0.1, -0.05) is 11.8 Å². The number of nitrogens with zero attached hydrogens (tertiary/aromatic N) is 3. The summed E-state index contributed by atoms with van der Waals surface area (Å²) in [4.78, 5) is 20.9. The quantitative estimate of drug-likeness (QED) is 0.459. The van der Waals surface area contributed by atoms with Crippen LogP contribution in [0.1, 0.15) is 43.4 Å². The second-order valence-corrected chi connectivity index (χ2v) is 13.6. The van der Waals surface area contributed by atoms with Crippen LogP contribution in [0.2, 0.25) is 0 Å². The van der Waals surface area contributed by atoms with Crippen LogP contribution in [0.5, 0.6) is 5.75 Å². The summed E-state index contributed by atoms with van der Waals surface area (Å²) in [6.07, 6.45) is 9.37. The molecule has 0 amide bonds. The molecule has 1 aliphatic carbocycles. The minimum absolute atomic E-state index is 0.0869. The first-order chi connectivity index (χ1) is 17.3. The molecule has 2 aliphatic heterocycles. The SMILES string of the molecule is CS(=O)(=O)CCN1[C@@H]2CC[C@H]1C[C@@H](Oc1ccc(-n3cnc4cc(C#CC5CC5)sc4c3=O)cc1)C2. The first-order valence-corrected chi connectivity index (χ1v) is 15.4. The van der Waals surface area contributed by atoms with E-state index in [1.54, 1.807) is 10.9 Å². The fraction of sp³-hybridized carbons (Fsp3) is 0.481. The Morgan fingerprint density at radius 1 is 1.11 bits per heavy atom. The molecule has 36 heavy (non-hydrogen) atoms. The van der Waals surface area contributed by atoms with Gasteiger partial charge in [0.05, 0.1) is 21.8 Å². The molecule has 2 aromatic heterocycles. The number of benzene rings is 1. The fourth-order valence-corrected chi connectivity index (χ4v) is 6.84. The average Bonchev–Trinajstić information content (AvgIpc) is 3.52. The predicted octanol–water partition coefficient (Wildman–Crippen LogP) is 3.63. The number of fused-ring (bicyclic) bond motifs is 3. The fourth-order valence-electron chi connectivity index (χ4n) is 5.39. The Morgan fingerprint density at radius 3 is 2.50 bits per heavy atom. The van der Waals surface area contributed by atoms with Crippen molar-refractivity contribution in [2.75, 3.05) is 18.6 Å². The van der Waals surface area contributed by atoms with E-state index in [4.69, 9.17) is 4.74 Å². The molecule has 6 rings (SSSR count). The first-order valence-electron chi connectivity index (χ1n) is 12.6. The largest absolute Gasteiger partial charge is 0.490 e. The topological polar surface area (TPSA) is 81.5 Å². The van der Waals surface area contributed by atoms with Gasteiger partial charge in [0.2, 0.25) is 0 Å². The Balaban J connectivity index is 1.13. The van der Waals surface area contributed by atoms with E-state index in [0.717, 1.165) is 42.0 Å². The minimum atomic E-state index is -2.96. The molecule has 1 saturated carbocycles. The summed E-state index contributed by atoms with van der Waals surface area (Å²) < 4.78 is 31.7. The summed E-state index contributed by atoms with van der Waals surface area (Å²) >= 11 is 1.41. The third-order valence-electron chi connectivity index (χ3n) is 7.39. The maximum atomic E-state index is 13.1. The lowest BCUT2D eigenvalue weighted by molar-refractivity contribution is 0.0535. The number of aromatic nitrogens is 2. The van der Waals surface area contributed by atoms with E-state index in [0.29, 0.717) is 34.8 Å². The Bertz CT molecular complexity index is 1500. The Labute approximate surface area is 215 Å². The second-order valence-electron chi connectivity index (χ2n) is 10.2. The lowest BCUT2D eigenvalue weighted by atomic mass is 10.00. The number of ether oxygens (including phenoxy) is 1. The zero-order valence-corrected chi connectivity index (χ0v) is 21.9. The molecular weight excluding hydrogens is 494 g/mol. The van der Waals surface area contributed by atoms with Crippen molar-refractivity contribution in [3.63, 3.8) is 0 Å². The summed E-state index contributed by atoms with van der Waals surface area (Å²) in [5.74, 6) is 7.95. The minimum Gasteiger partial charge on any atom is -0.490 e. The van der Waals surface area contributed by atoms with E-state index in [1.807, 2.05) is 30.3 Å². The third kappa shape index (κ3) is 5.08. The molecule has 0 radical (unpaired) electrons. The van der Waals surface area contributed by atoms with Crippen molar-refractivity contribution in [3.8, 4) is 23.3 Å². The lowest BCUT2D eigenvalue weighted by Crippen LogP contribution is -2.47. The molecule has 0 N–H and O–H groups in total. The molecule has 3 fully saturated rings. The number of rotatable bonds is 6. The molecule has 0 unspecified atom stereocenters. The van der Waals surface area contributed by atoms with Gasteiger partial charge < -0.3 is 4.74 Å². The van der Waals surface area contributed by atoms with Crippen LogP contribution >= 0.6 is 11.3 Å². The van der Waals surface area contributed by atoms with E-state index < -0.39 is 9.84 Å². The van der Waals surface area contributed by atoms with Gasteiger partial charge in [0, 0.05) is 30.8 Å². The standard InChI is InChI=1S/C27H29N3O4S2/c1-36(32,33)13-12-29-20-5-6-21(29)15-23(14-20)34-22-9-7-19(8-10-22)30-17-28-25-16-24(11-4-18-2-3-18)35-26(25)27(30)31/h7-10,16-18,20-21,23H,2-3,5-6,12-15H2,1H3/t20-,21+,23+. The van der Waals surface area contributed by atoms with E-state index in [-0.39, 0.29) is 17.4 Å². The number of sulfone groups is 1. The van der Waals surface area contributed by atoms with Gasteiger partial charge in [-0.3, -0.25) is 14.3 Å². The van der Waals surface area contributed by atoms with Gasteiger partial charge in [0.1, 0.15) is 32.7 Å². The van der Waals surface area contributed by atoms with Crippen LogP contribution in [0.15, 0.2) is 41.5 Å². The van der Waals surface area contributed by atoms with Crippen LogP contribution in [-0.4, -0.2) is 59.6 Å². The summed E-state index contributed by atoms with van der Waals surface area (Å²) in [5, 5.41) is 0.